The fraction of sp³-hybridized carbons (Fsp3) is 0.357. The SMILES string of the molecule is CCOCCC(=O)Nc1ccc(F)cc1C#CCO. The Balaban J connectivity index is 2.74. The summed E-state index contributed by atoms with van der Waals surface area (Å²) >= 11 is 0. The zero-order valence-corrected chi connectivity index (χ0v) is 10.7. The second-order valence-electron chi connectivity index (χ2n) is 3.64. The number of aliphatic hydroxyl groups is 1. The first-order chi connectivity index (χ1) is 9.17. The van der Waals surface area contributed by atoms with Crippen molar-refractivity contribution in [3.63, 3.8) is 0 Å². The van der Waals surface area contributed by atoms with Gasteiger partial charge in [0.05, 0.1) is 24.3 Å². The van der Waals surface area contributed by atoms with E-state index in [0.717, 1.165) is 0 Å². The summed E-state index contributed by atoms with van der Waals surface area (Å²) in [6.07, 6.45) is 0.220. The van der Waals surface area contributed by atoms with E-state index in [1.807, 2.05) is 6.92 Å². The molecule has 5 heteroatoms. The van der Waals surface area contributed by atoms with Crippen LogP contribution in [0.5, 0.6) is 0 Å². The molecule has 0 radical (unpaired) electrons. The molecule has 0 aliphatic carbocycles. The van der Waals surface area contributed by atoms with Gasteiger partial charge in [0.25, 0.3) is 0 Å². The van der Waals surface area contributed by atoms with E-state index in [-0.39, 0.29) is 18.9 Å². The van der Waals surface area contributed by atoms with Gasteiger partial charge in [-0.05, 0) is 25.1 Å². The maximum absolute atomic E-state index is 13.1. The molecule has 0 aromatic heterocycles. The van der Waals surface area contributed by atoms with E-state index in [4.69, 9.17) is 9.84 Å². The second-order valence-corrected chi connectivity index (χ2v) is 3.64. The average Bonchev–Trinajstić information content (AvgIpc) is 2.39. The molecule has 0 heterocycles. The lowest BCUT2D eigenvalue weighted by atomic mass is 10.1. The Hall–Kier alpha value is -1.90. The quantitative estimate of drug-likeness (QED) is 0.627. The van der Waals surface area contributed by atoms with Crippen molar-refractivity contribution >= 4 is 11.6 Å². The summed E-state index contributed by atoms with van der Waals surface area (Å²) in [5.74, 6) is 4.33. The highest BCUT2D eigenvalue weighted by molar-refractivity contribution is 5.92. The number of amides is 1. The first-order valence-corrected chi connectivity index (χ1v) is 5.94. The molecule has 19 heavy (non-hydrogen) atoms. The van der Waals surface area contributed by atoms with Crippen molar-refractivity contribution in [2.75, 3.05) is 25.1 Å². The smallest absolute Gasteiger partial charge is 0.226 e. The van der Waals surface area contributed by atoms with E-state index in [2.05, 4.69) is 17.2 Å². The van der Waals surface area contributed by atoms with Crippen LogP contribution in [-0.4, -0.2) is 30.8 Å². The largest absolute Gasteiger partial charge is 0.384 e. The summed E-state index contributed by atoms with van der Waals surface area (Å²) in [5.41, 5.74) is 0.752. The van der Waals surface area contributed by atoms with Crippen LogP contribution in [0.3, 0.4) is 0 Å². The average molecular weight is 265 g/mol. The predicted molar refractivity (Wildman–Crippen MR) is 70.1 cm³/mol. The molecule has 0 aliphatic heterocycles. The van der Waals surface area contributed by atoms with Gasteiger partial charge in [0.1, 0.15) is 12.4 Å². The molecule has 2 N–H and O–H groups in total. The van der Waals surface area contributed by atoms with Crippen LogP contribution in [0.25, 0.3) is 0 Å². The summed E-state index contributed by atoms with van der Waals surface area (Å²) in [6, 6.07) is 3.89. The molecule has 0 saturated heterocycles. The number of ether oxygens (including phenoxy) is 1. The molecule has 0 unspecified atom stereocenters. The minimum Gasteiger partial charge on any atom is -0.384 e. The van der Waals surface area contributed by atoms with Crippen molar-refractivity contribution in [2.45, 2.75) is 13.3 Å². The summed E-state index contributed by atoms with van der Waals surface area (Å²) in [4.78, 5) is 11.6. The van der Waals surface area contributed by atoms with Gasteiger partial charge in [0, 0.05) is 6.61 Å². The number of benzene rings is 1. The zero-order valence-electron chi connectivity index (χ0n) is 10.7. The molecule has 0 fully saturated rings. The number of halogens is 1. The van der Waals surface area contributed by atoms with Gasteiger partial charge in [-0.3, -0.25) is 4.79 Å². The third-order valence-corrected chi connectivity index (χ3v) is 2.24. The van der Waals surface area contributed by atoms with Crippen LogP contribution in [0.4, 0.5) is 10.1 Å². The third kappa shape index (κ3) is 5.51. The van der Waals surface area contributed by atoms with Gasteiger partial charge in [0.15, 0.2) is 0 Å². The molecule has 0 atom stereocenters. The van der Waals surface area contributed by atoms with Crippen LogP contribution >= 0.6 is 0 Å². The number of anilines is 1. The predicted octanol–water partition coefficient (Wildman–Crippen LogP) is 1.53. The van der Waals surface area contributed by atoms with Crippen LogP contribution in [0.2, 0.25) is 0 Å². The molecule has 0 bridgehead atoms. The molecular weight excluding hydrogens is 249 g/mol. The van der Waals surface area contributed by atoms with Crippen LogP contribution in [0, 0.1) is 17.7 Å². The first kappa shape index (κ1) is 15.2. The number of nitrogens with one attached hydrogen (secondary N) is 1. The Labute approximate surface area is 111 Å². The van der Waals surface area contributed by atoms with Crippen molar-refractivity contribution in [2.24, 2.45) is 0 Å². The van der Waals surface area contributed by atoms with Gasteiger partial charge in [-0.1, -0.05) is 11.8 Å². The van der Waals surface area contributed by atoms with Gasteiger partial charge < -0.3 is 15.2 Å². The van der Waals surface area contributed by atoms with Gasteiger partial charge in [-0.25, -0.2) is 4.39 Å². The van der Waals surface area contributed by atoms with Gasteiger partial charge in [-0.15, -0.1) is 0 Å². The van der Waals surface area contributed by atoms with E-state index in [9.17, 15) is 9.18 Å². The standard InChI is InChI=1S/C14H16FNO3/c1-2-19-9-7-14(18)16-13-6-5-12(15)10-11(13)4-3-8-17/h5-6,10,17H,2,7-9H2,1H3,(H,16,18). The molecule has 1 rings (SSSR count). The lowest BCUT2D eigenvalue weighted by molar-refractivity contribution is -0.117. The highest BCUT2D eigenvalue weighted by Gasteiger charge is 2.06. The number of aliphatic hydroxyl groups excluding tert-OH is 1. The van der Waals surface area contributed by atoms with Crippen molar-refractivity contribution < 1.29 is 19.0 Å². The molecule has 1 amide bonds. The fourth-order valence-electron chi connectivity index (χ4n) is 1.39. The molecule has 0 saturated carbocycles. The van der Waals surface area contributed by atoms with Crippen molar-refractivity contribution in [3.05, 3.63) is 29.6 Å². The number of rotatable bonds is 5. The maximum Gasteiger partial charge on any atom is 0.226 e. The van der Waals surface area contributed by atoms with Crippen LogP contribution in [0.1, 0.15) is 18.9 Å². The Morgan fingerprint density at radius 2 is 2.32 bits per heavy atom. The summed E-state index contributed by atoms with van der Waals surface area (Å²) in [7, 11) is 0. The molecule has 1 aromatic carbocycles. The van der Waals surface area contributed by atoms with Crippen LogP contribution in [-0.2, 0) is 9.53 Å². The topological polar surface area (TPSA) is 58.6 Å². The molecule has 0 aliphatic rings. The molecule has 1 aromatic rings. The number of carbonyl (C=O) groups excluding carboxylic acids is 1. The molecule has 102 valence electrons. The van der Waals surface area contributed by atoms with Crippen molar-refractivity contribution in [1.82, 2.24) is 0 Å². The van der Waals surface area contributed by atoms with Gasteiger partial charge >= 0.3 is 0 Å². The Bertz CT molecular complexity index is 491. The Kier molecular flexibility index (Phi) is 6.58. The Morgan fingerprint density at radius 3 is 3.00 bits per heavy atom. The zero-order chi connectivity index (χ0) is 14.1. The van der Waals surface area contributed by atoms with Gasteiger partial charge in [-0.2, -0.15) is 0 Å². The van der Waals surface area contributed by atoms with E-state index in [0.29, 0.717) is 24.5 Å². The number of hydrogen-bond donors (Lipinski definition) is 2. The normalized spacial score (nSPS) is 9.63. The first-order valence-electron chi connectivity index (χ1n) is 5.94. The lowest BCUT2D eigenvalue weighted by Gasteiger charge is -2.07. The monoisotopic (exact) mass is 265 g/mol. The molecule has 0 spiro atoms. The summed E-state index contributed by atoms with van der Waals surface area (Å²) < 4.78 is 18.2. The van der Waals surface area contributed by atoms with Crippen LogP contribution < -0.4 is 5.32 Å². The number of carbonyl (C=O) groups is 1. The molecule has 4 nitrogen and oxygen atoms in total. The van der Waals surface area contributed by atoms with E-state index < -0.39 is 5.82 Å². The minimum absolute atomic E-state index is 0.220. The van der Waals surface area contributed by atoms with Crippen molar-refractivity contribution in [3.8, 4) is 11.8 Å². The summed E-state index contributed by atoms with van der Waals surface area (Å²) in [5, 5.41) is 11.3. The van der Waals surface area contributed by atoms with E-state index in [1.54, 1.807) is 0 Å². The minimum atomic E-state index is -0.449. The fourth-order valence-corrected chi connectivity index (χ4v) is 1.39. The second kappa shape index (κ2) is 8.25. The lowest BCUT2D eigenvalue weighted by Crippen LogP contribution is -2.15. The molecular formula is C14H16FNO3. The van der Waals surface area contributed by atoms with Crippen molar-refractivity contribution in [1.29, 1.82) is 0 Å². The highest BCUT2D eigenvalue weighted by Crippen LogP contribution is 2.16. The van der Waals surface area contributed by atoms with Crippen LogP contribution in [0.15, 0.2) is 18.2 Å². The van der Waals surface area contributed by atoms with Gasteiger partial charge in [0.2, 0.25) is 5.91 Å². The maximum atomic E-state index is 13.1. The Morgan fingerprint density at radius 1 is 1.53 bits per heavy atom. The van der Waals surface area contributed by atoms with E-state index >= 15 is 0 Å². The summed E-state index contributed by atoms with van der Waals surface area (Å²) in [6.45, 7) is 2.41. The van der Waals surface area contributed by atoms with E-state index in [1.165, 1.54) is 18.2 Å². The number of hydrogen-bond acceptors (Lipinski definition) is 3. The highest BCUT2D eigenvalue weighted by atomic mass is 19.1. The third-order valence-electron chi connectivity index (χ3n) is 2.24.